The summed E-state index contributed by atoms with van der Waals surface area (Å²) in [7, 11) is 0. The summed E-state index contributed by atoms with van der Waals surface area (Å²) in [6.07, 6.45) is 4.68. The number of piperidine rings is 1. The first-order valence-corrected chi connectivity index (χ1v) is 10.3. The van der Waals surface area contributed by atoms with Crippen molar-refractivity contribution in [3.63, 3.8) is 0 Å². The number of aromatic nitrogens is 2. The van der Waals surface area contributed by atoms with Gasteiger partial charge in [0.25, 0.3) is 5.89 Å². The molecule has 1 unspecified atom stereocenters. The summed E-state index contributed by atoms with van der Waals surface area (Å²) < 4.78 is 6.01. The van der Waals surface area contributed by atoms with Crippen LogP contribution in [0.1, 0.15) is 41.5 Å². The fraction of sp³-hybridized carbons (Fsp3) is 0.429. The van der Waals surface area contributed by atoms with Crippen molar-refractivity contribution in [2.45, 2.75) is 38.5 Å². The highest BCUT2D eigenvalue weighted by Crippen LogP contribution is 2.31. The Morgan fingerprint density at radius 2 is 2.04 bits per heavy atom. The number of rotatable bonds is 6. The van der Waals surface area contributed by atoms with Gasteiger partial charge in [-0.2, -0.15) is 0 Å². The van der Waals surface area contributed by atoms with E-state index in [1.54, 1.807) is 11.3 Å². The molecule has 1 fully saturated rings. The third kappa shape index (κ3) is 4.22. The van der Waals surface area contributed by atoms with Gasteiger partial charge in [0.1, 0.15) is 0 Å². The predicted octanol–water partition coefficient (Wildman–Crippen LogP) is 4.92. The zero-order valence-electron chi connectivity index (χ0n) is 15.2. The molecule has 0 aliphatic carbocycles. The standard InChI is InChI=1S/C21H25N3OS/c1-16-11-12-19(26-16)21-23-22-20(25-21)18-10-6-14-24(15-18)13-5-9-17-7-3-2-4-8-17/h2-4,7-8,11-12,18H,5-6,9-10,13-15H2,1H3. The molecule has 0 amide bonds. The van der Waals surface area contributed by atoms with Crippen LogP contribution in [0.25, 0.3) is 10.8 Å². The molecule has 4 rings (SSSR count). The molecule has 0 N–H and O–H groups in total. The summed E-state index contributed by atoms with van der Waals surface area (Å²) in [6, 6.07) is 14.9. The first-order valence-electron chi connectivity index (χ1n) is 9.44. The van der Waals surface area contributed by atoms with Crippen molar-refractivity contribution in [1.82, 2.24) is 15.1 Å². The van der Waals surface area contributed by atoms with Crippen LogP contribution >= 0.6 is 11.3 Å². The normalized spacial score (nSPS) is 18.3. The fourth-order valence-electron chi connectivity index (χ4n) is 3.66. The molecular weight excluding hydrogens is 342 g/mol. The van der Waals surface area contributed by atoms with Crippen LogP contribution < -0.4 is 0 Å². The van der Waals surface area contributed by atoms with Gasteiger partial charge >= 0.3 is 0 Å². The molecule has 1 saturated heterocycles. The van der Waals surface area contributed by atoms with Gasteiger partial charge < -0.3 is 9.32 Å². The van der Waals surface area contributed by atoms with Gasteiger partial charge in [-0.05, 0) is 63.4 Å². The maximum atomic E-state index is 6.01. The van der Waals surface area contributed by atoms with Crippen LogP contribution in [0.3, 0.4) is 0 Å². The predicted molar refractivity (Wildman–Crippen MR) is 106 cm³/mol. The molecule has 4 nitrogen and oxygen atoms in total. The van der Waals surface area contributed by atoms with Crippen LogP contribution in [0, 0.1) is 6.92 Å². The Balaban J connectivity index is 1.33. The molecule has 0 spiro atoms. The van der Waals surface area contributed by atoms with Crippen molar-refractivity contribution in [2.24, 2.45) is 0 Å². The highest BCUT2D eigenvalue weighted by Gasteiger charge is 2.26. The Morgan fingerprint density at radius 1 is 1.15 bits per heavy atom. The third-order valence-electron chi connectivity index (χ3n) is 5.03. The second kappa shape index (κ2) is 8.14. The molecule has 136 valence electrons. The summed E-state index contributed by atoms with van der Waals surface area (Å²) in [5, 5.41) is 8.63. The maximum Gasteiger partial charge on any atom is 0.257 e. The molecule has 0 bridgehead atoms. The minimum absolute atomic E-state index is 0.364. The van der Waals surface area contributed by atoms with Crippen molar-refractivity contribution in [3.05, 3.63) is 58.8 Å². The number of nitrogens with zero attached hydrogens (tertiary/aromatic N) is 3. The Labute approximate surface area is 158 Å². The lowest BCUT2D eigenvalue weighted by atomic mass is 9.97. The molecule has 1 atom stereocenters. The summed E-state index contributed by atoms with van der Waals surface area (Å²) in [4.78, 5) is 4.88. The number of thiophene rings is 1. The minimum Gasteiger partial charge on any atom is -0.420 e. The van der Waals surface area contributed by atoms with Gasteiger partial charge in [-0.3, -0.25) is 0 Å². The fourth-order valence-corrected chi connectivity index (χ4v) is 4.45. The van der Waals surface area contributed by atoms with E-state index in [1.165, 1.54) is 29.8 Å². The van der Waals surface area contributed by atoms with Gasteiger partial charge in [0.15, 0.2) is 0 Å². The largest absolute Gasteiger partial charge is 0.420 e. The Bertz CT molecular complexity index is 827. The monoisotopic (exact) mass is 367 g/mol. The molecule has 5 heteroatoms. The second-order valence-electron chi connectivity index (χ2n) is 7.08. The topological polar surface area (TPSA) is 42.2 Å². The Hall–Kier alpha value is -1.98. The maximum absolute atomic E-state index is 6.01. The van der Waals surface area contributed by atoms with Crippen LogP contribution in [0.15, 0.2) is 46.9 Å². The number of aryl methyl sites for hydroxylation is 2. The molecule has 0 radical (unpaired) electrons. The van der Waals surface area contributed by atoms with Crippen LogP contribution in [-0.4, -0.2) is 34.7 Å². The molecule has 2 aromatic heterocycles. The molecule has 26 heavy (non-hydrogen) atoms. The average Bonchev–Trinajstić information content (AvgIpc) is 3.32. The summed E-state index contributed by atoms with van der Waals surface area (Å²) in [6.45, 7) is 5.44. The van der Waals surface area contributed by atoms with Crippen molar-refractivity contribution < 1.29 is 4.42 Å². The first-order chi connectivity index (χ1) is 12.8. The zero-order chi connectivity index (χ0) is 17.8. The van der Waals surface area contributed by atoms with Crippen molar-refractivity contribution in [2.75, 3.05) is 19.6 Å². The summed E-state index contributed by atoms with van der Waals surface area (Å²) in [5.74, 6) is 1.83. The third-order valence-corrected chi connectivity index (χ3v) is 6.02. The van der Waals surface area contributed by atoms with Gasteiger partial charge in [0.05, 0.1) is 10.8 Å². The molecule has 1 aliphatic heterocycles. The zero-order valence-corrected chi connectivity index (χ0v) is 16.0. The molecule has 3 heterocycles. The van der Waals surface area contributed by atoms with E-state index >= 15 is 0 Å². The number of hydrogen-bond acceptors (Lipinski definition) is 5. The first kappa shape index (κ1) is 17.4. The van der Waals surface area contributed by atoms with Crippen molar-refractivity contribution >= 4 is 11.3 Å². The number of likely N-dealkylation sites (tertiary alicyclic amines) is 1. The summed E-state index contributed by atoms with van der Waals surface area (Å²) in [5.41, 5.74) is 1.42. The van der Waals surface area contributed by atoms with Crippen molar-refractivity contribution in [1.29, 1.82) is 0 Å². The van der Waals surface area contributed by atoms with E-state index < -0.39 is 0 Å². The Morgan fingerprint density at radius 3 is 2.85 bits per heavy atom. The summed E-state index contributed by atoms with van der Waals surface area (Å²) >= 11 is 1.70. The highest BCUT2D eigenvalue weighted by molar-refractivity contribution is 7.15. The van der Waals surface area contributed by atoms with E-state index in [2.05, 4.69) is 64.5 Å². The van der Waals surface area contributed by atoms with E-state index in [4.69, 9.17) is 4.42 Å². The van der Waals surface area contributed by atoms with Crippen LogP contribution in [-0.2, 0) is 6.42 Å². The van der Waals surface area contributed by atoms with E-state index in [0.717, 1.165) is 36.7 Å². The molecule has 3 aromatic rings. The molecule has 0 saturated carbocycles. The minimum atomic E-state index is 0.364. The quantitative estimate of drug-likeness (QED) is 0.620. The van der Waals surface area contributed by atoms with Gasteiger partial charge in [-0.15, -0.1) is 21.5 Å². The van der Waals surface area contributed by atoms with Gasteiger partial charge in [-0.25, -0.2) is 0 Å². The molecule has 1 aromatic carbocycles. The van der Waals surface area contributed by atoms with Gasteiger partial charge in [-0.1, -0.05) is 30.3 Å². The number of benzene rings is 1. The van der Waals surface area contributed by atoms with Crippen molar-refractivity contribution in [3.8, 4) is 10.8 Å². The Kier molecular flexibility index (Phi) is 5.46. The lowest BCUT2D eigenvalue weighted by molar-refractivity contribution is 0.192. The van der Waals surface area contributed by atoms with Crippen LogP contribution in [0.4, 0.5) is 0 Å². The lowest BCUT2D eigenvalue weighted by Gasteiger charge is -2.30. The average molecular weight is 368 g/mol. The molecular formula is C21H25N3OS. The van der Waals surface area contributed by atoms with E-state index in [1.807, 2.05) is 0 Å². The highest BCUT2D eigenvalue weighted by atomic mass is 32.1. The molecule has 1 aliphatic rings. The van der Waals surface area contributed by atoms with E-state index in [9.17, 15) is 0 Å². The van der Waals surface area contributed by atoms with Gasteiger partial charge in [0, 0.05) is 11.4 Å². The van der Waals surface area contributed by atoms with Crippen LogP contribution in [0.2, 0.25) is 0 Å². The van der Waals surface area contributed by atoms with E-state index in [-0.39, 0.29) is 0 Å². The SMILES string of the molecule is Cc1ccc(-c2nnc(C3CCCN(CCCc4ccccc4)C3)o2)s1. The van der Waals surface area contributed by atoms with Gasteiger partial charge in [0.2, 0.25) is 5.89 Å². The van der Waals surface area contributed by atoms with Crippen LogP contribution in [0.5, 0.6) is 0 Å². The second-order valence-corrected chi connectivity index (χ2v) is 8.37. The lowest BCUT2D eigenvalue weighted by Crippen LogP contribution is -2.35. The smallest absolute Gasteiger partial charge is 0.257 e. The van der Waals surface area contributed by atoms with E-state index in [0.29, 0.717) is 11.8 Å². The number of hydrogen-bond donors (Lipinski definition) is 0.